The Balaban J connectivity index is 1.56. The number of imidazole rings is 1. The Kier molecular flexibility index (Phi) is 4.34. The van der Waals surface area contributed by atoms with Gasteiger partial charge in [-0.2, -0.15) is 5.10 Å². The van der Waals surface area contributed by atoms with Gasteiger partial charge in [0, 0.05) is 36.4 Å². The first-order chi connectivity index (χ1) is 13.6. The Labute approximate surface area is 158 Å². The minimum Gasteiger partial charge on any atom is -0.321 e. The molecule has 0 radical (unpaired) electrons. The van der Waals surface area contributed by atoms with E-state index in [9.17, 15) is 14.9 Å². The van der Waals surface area contributed by atoms with Gasteiger partial charge in [0.15, 0.2) is 5.82 Å². The normalized spacial score (nSPS) is 10.6. The number of aromatic nitrogens is 5. The second kappa shape index (κ2) is 7.11. The first-order valence-electron chi connectivity index (χ1n) is 8.16. The number of benzene rings is 1. The van der Waals surface area contributed by atoms with Crippen LogP contribution in [0.3, 0.4) is 0 Å². The molecular weight excluding hydrogens is 362 g/mol. The Morgan fingerprint density at radius 1 is 1.14 bits per heavy atom. The molecule has 1 amide bonds. The molecule has 0 bridgehead atoms. The molecule has 0 atom stereocenters. The van der Waals surface area contributed by atoms with Gasteiger partial charge in [-0.05, 0) is 30.3 Å². The van der Waals surface area contributed by atoms with Gasteiger partial charge in [-0.3, -0.25) is 14.9 Å². The van der Waals surface area contributed by atoms with Gasteiger partial charge >= 0.3 is 0 Å². The maximum atomic E-state index is 12.5. The van der Waals surface area contributed by atoms with E-state index < -0.39 is 10.8 Å². The molecule has 1 N–H and O–H groups in total. The third kappa shape index (κ3) is 3.33. The monoisotopic (exact) mass is 375 g/mol. The van der Waals surface area contributed by atoms with Crippen LogP contribution in [0.15, 0.2) is 73.7 Å². The Bertz CT molecular complexity index is 1120. The number of amides is 1. The topological polar surface area (TPSA) is 121 Å². The molecule has 0 aliphatic carbocycles. The van der Waals surface area contributed by atoms with Crippen LogP contribution in [-0.2, 0) is 0 Å². The van der Waals surface area contributed by atoms with E-state index in [1.54, 1.807) is 41.5 Å². The molecule has 0 aliphatic heterocycles. The predicted octanol–water partition coefficient (Wildman–Crippen LogP) is 2.61. The molecule has 3 aromatic heterocycles. The summed E-state index contributed by atoms with van der Waals surface area (Å²) in [4.78, 5) is 31.5. The first kappa shape index (κ1) is 17.1. The molecule has 3 heterocycles. The molecule has 0 saturated heterocycles. The molecule has 0 spiro atoms. The lowest BCUT2D eigenvalue weighted by Crippen LogP contribution is -2.13. The quantitative estimate of drug-likeness (QED) is 0.423. The van der Waals surface area contributed by atoms with Crippen molar-refractivity contribution in [3.05, 3.63) is 89.4 Å². The van der Waals surface area contributed by atoms with Gasteiger partial charge in [-0.25, -0.2) is 14.6 Å². The third-order valence-electron chi connectivity index (χ3n) is 3.96. The van der Waals surface area contributed by atoms with Crippen LogP contribution in [-0.4, -0.2) is 35.1 Å². The van der Waals surface area contributed by atoms with Crippen molar-refractivity contribution in [1.29, 1.82) is 0 Å². The molecule has 0 saturated carbocycles. The number of nitrogens with one attached hydrogen (secondary N) is 1. The second-order valence-electron chi connectivity index (χ2n) is 5.74. The van der Waals surface area contributed by atoms with E-state index in [4.69, 9.17) is 0 Å². The molecule has 138 valence electrons. The van der Waals surface area contributed by atoms with Gasteiger partial charge < -0.3 is 9.88 Å². The molecule has 0 unspecified atom stereocenters. The molecule has 1 aromatic carbocycles. The van der Waals surface area contributed by atoms with Crippen LogP contribution in [0.25, 0.3) is 11.5 Å². The average Bonchev–Trinajstić information content (AvgIpc) is 3.42. The van der Waals surface area contributed by atoms with Gasteiger partial charge in [0.1, 0.15) is 5.69 Å². The van der Waals surface area contributed by atoms with Crippen LogP contribution in [0.2, 0.25) is 0 Å². The van der Waals surface area contributed by atoms with Gasteiger partial charge in [0.25, 0.3) is 11.6 Å². The zero-order chi connectivity index (χ0) is 19.5. The van der Waals surface area contributed by atoms with Crippen molar-refractivity contribution < 1.29 is 9.72 Å². The van der Waals surface area contributed by atoms with Gasteiger partial charge in [0.05, 0.1) is 23.1 Å². The number of rotatable bonds is 5. The van der Waals surface area contributed by atoms with Crippen molar-refractivity contribution in [2.75, 3.05) is 5.32 Å². The lowest BCUT2D eigenvalue weighted by Gasteiger charge is -2.08. The van der Waals surface area contributed by atoms with E-state index in [1.165, 1.54) is 41.5 Å². The van der Waals surface area contributed by atoms with E-state index in [2.05, 4.69) is 20.4 Å². The summed E-state index contributed by atoms with van der Waals surface area (Å²) in [5.41, 5.74) is 0.746. The SMILES string of the molecule is O=C(Nc1ccc(-n2cccn2)nc1)c1ccc(-n2ccnc2)c([N+](=O)[O-])c1. The summed E-state index contributed by atoms with van der Waals surface area (Å²) in [6, 6.07) is 9.41. The van der Waals surface area contributed by atoms with Crippen LogP contribution < -0.4 is 5.32 Å². The number of nitrogens with zero attached hydrogens (tertiary/aromatic N) is 6. The zero-order valence-corrected chi connectivity index (χ0v) is 14.3. The highest BCUT2D eigenvalue weighted by atomic mass is 16.6. The summed E-state index contributed by atoms with van der Waals surface area (Å²) in [6.07, 6.45) is 9.44. The zero-order valence-electron chi connectivity index (χ0n) is 14.3. The maximum absolute atomic E-state index is 12.5. The highest BCUT2D eigenvalue weighted by Gasteiger charge is 2.19. The molecule has 28 heavy (non-hydrogen) atoms. The number of nitro groups is 1. The van der Waals surface area contributed by atoms with Gasteiger partial charge in [-0.15, -0.1) is 0 Å². The highest BCUT2D eigenvalue weighted by Crippen LogP contribution is 2.24. The van der Waals surface area contributed by atoms with Gasteiger partial charge in [-0.1, -0.05) is 0 Å². The minimum atomic E-state index is -0.535. The van der Waals surface area contributed by atoms with Crippen LogP contribution >= 0.6 is 0 Å². The summed E-state index contributed by atoms with van der Waals surface area (Å²) in [6.45, 7) is 0. The predicted molar refractivity (Wildman–Crippen MR) is 99.5 cm³/mol. The molecule has 4 aromatic rings. The fraction of sp³-hybridized carbons (Fsp3) is 0. The number of carbonyl (C=O) groups excluding carboxylic acids is 1. The number of pyridine rings is 1. The number of nitro benzene ring substituents is 1. The molecule has 10 nitrogen and oxygen atoms in total. The lowest BCUT2D eigenvalue weighted by atomic mass is 10.1. The average molecular weight is 375 g/mol. The van der Waals surface area contributed by atoms with Crippen molar-refractivity contribution in [1.82, 2.24) is 24.3 Å². The van der Waals surface area contributed by atoms with E-state index in [0.717, 1.165) is 0 Å². The van der Waals surface area contributed by atoms with Crippen molar-refractivity contribution in [2.45, 2.75) is 0 Å². The third-order valence-corrected chi connectivity index (χ3v) is 3.96. The Morgan fingerprint density at radius 2 is 2.04 bits per heavy atom. The highest BCUT2D eigenvalue weighted by molar-refractivity contribution is 6.04. The standard InChI is InChI=1S/C18H13N7O3/c26-18(22-14-3-5-17(20-11-14)24-8-1-6-21-24)13-2-4-15(16(10-13)25(27)28)23-9-7-19-12-23/h1-12H,(H,22,26). The molecule has 4 rings (SSSR count). The van der Waals surface area contributed by atoms with Crippen LogP contribution in [0.1, 0.15) is 10.4 Å². The minimum absolute atomic E-state index is 0.159. The number of carbonyl (C=O) groups is 1. The lowest BCUT2D eigenvalue weighted by molar-refractivity contribution is -0.384. The molecular formula is C18H13N7O3. The molecule has 0 fully saturated rings. The largest absolute Gasteiger partial charge is 0.321 e. The Morgan fingerprint density at radius 3 is 2.68 bits per heavy atom. The molecule has 0 aliphatic rings. The first-order valence-corrected chi connectivity index (χ1v) is 8.16. The second-order valence-corrected chi connectivity index (χ2v) is 5.74. The van der Waals surface area contributed by atoms with Crippen molar-refractivity contribution in [2.24, 2.45) is 0 Å². The molecule has 10 heteroatoms. The van der Waals surface area contributed by atoms with Crippen LogP contribution in [0, 0.1) is 10.1 Å². The van der Waals surface area contributed by atoms with E-state index in [1.807, 2.05) is 0 Å². The fourth-order valence-electron chi connectivity index (χ4n) is 2.63. The maximum Gasteiger partial charge on any atom is 0.294 e. The van der Waals surface area contributed by atoms with Crippen molar-refractivity contribution in [3.8, 4) is 11.5 Å². The summed E-state index contributed by atoms with van der Waals surface area (Å²) in [5, 5.41) is 18.2. The van der Waals surface area contributed by atoms with Crippen LogP contribution in [0.5, 0.6) is 0 Å². The summed E-state index contributed by atoms with van der Waals surface area (Å²) in [7, 11) is 0. The Hall–Kier alpha value is -4.34. The summed E-state index contributed by atoms with van der Waals surface area (Å²) >= 11 is 0. The summed E-state index contributed by atoms with van der Waals surface area (Å²) < 4.78 is 3.10. The van der Waals surface area contributed by atoms with Crippen LogP contribution in [0.4, 0.5) is 11.4 Å². The number of hydrogen-bond acceptors (Lipinski definition) is 6. The van der Waals surface area contributed by atoms with Gasteiger partial charge in [0.2, 0.25) is 0 Å². The fourth-order valence-corrected chi connectivity index (χ4v) is 2.63. The number of anilines is 1. The van der Waals surface area contributed by atoms with E-state index >= 15 is 0 Å². The van der Waals surface area contributed by atoms with Crippen molar-refractivity contribution in [3.63, 3.8) is 0 Å². The van der Waals surface area contributed by atoms with Crippen molar-refractivity contribution >= 4 is 17.3 Å². The summed E-state index contributed by atoms with van der Waals surface area (Å²) in [5.74, 6) is 0.122. The number of hydrogen-bond donors (Lipinski definition) is 1. The van der Waals surface area contributed by atoms with E-state index in [0.29, 0.717) is 17.2 Å². The van der Waals surface area contributed by atoms with E-state index in [-0.39, 0.29) is 11.3 Å². The smallest absolute Gasteiger partial charge is 0.294 e.